The summed E-state index contributed by atoms with van der Waals surface area (Å²) >= 11 is 0. The molecule has 0 saturated carbocycles. The van der Waals surface area contributed by atoms with Crippen LogP contribution in [0.1, 0.15) is 46.2 Å². The molecule has 1 aromatic carbocycles. The second kappa shape index (κ2) is 9.42. The van der Waals surface area contributed by atoms with Crippen LogP contribution in [0.4, 0.5) is 4.79 Å². The average Bonchev–Trinajstić information content (AvgIpc) is 2.51. The monoisotopic (exact) mass is 350 g/mol. The van der Waals surface area contributed by atoms with Crippen molar-refractivity contribution in [2.75, 3.05) is 13.7 Å². The molecule has 2 amide bonds. The Balaban J connectivity index is 2.82. The van der Waals surface area contributed by atoms with E-state index in [9.17, 15) is 9.59 Å². The Morgan fingerprint density at radius 1 is 1.08 bits per heavy atom. The maximum atomic E-state index is 12.7. The van der Waals surface area contributed by atoms with Gasteiger partial charge in [-0.05, 0) is 32.3 Å². The zero-order chi connectivity index (χ0) is 19.0. The van der Waals surface area contributed by atoms with Crippen LogP contribution in [-0.2, 0) is 14.3 Å². The van der Waals surface area contributed by atoms with Crippen LogP contribution in [0, 0.1) is 5.92 Å². The minimum atomic E-state index is -0.696. The van der Waals surface area contributed by atoms with E-state index in [0.29, 0.717) is 6.61 Å². The maximum absolute atomic E-state index is 12.7. The fraction of sp³-hybridized carbons (Fsp3) is 0.579. The molecule has 0 aliphatic carbocycles. The highest BCUT2D eigenvalue weighted by molar-refractivity contribution is 5.86. The Morgan fingerprint density at radius 3 is 2.16 bits per heavy atom. The molecule has 0 heterocycles. The van der Waals surface area contributed by atoms with Crippen molar-refractivity contribution in [1.82, 2.24) is 10.6 Å². The summed E-state index contributed by atoms with van der Waals surface area (Å²) < 4.78 is 10.5. The van der Waals surface area contributed by atoms with Crippen LogP contribution < -0.4 is 10.6 Å². The zero-order valence-corrected chi connectivity index (χ0v) is 16.0. The Kier molecular flexibility index (Phi) is 7.90. The zero-order valence-electron chi connectivity index (χ0n) is 16.0. The largest absolute Gasteiger partial charge is 0.444 e. The van der Waals surface area contributed by atoms with Gasteiger partial charge in [-0.25, -0.2) is 4.79 Å². The number of methoxy groups -OCH3 is 1. The van der Waals surface area contributed by atoms with Crippen molar-refractivity contribution >= 4 is 12.0 Å². The molecule has 0 spiro atoms. The van der Waals surface area contributed by atoms with Crippen molar-refractivity contribution in [3.05, 3.63) is 35.9 Å². The molecule has 0 aliphatic heterocycles. The molecule has 2 atom stereocenters. The Labute approximate surface area is 150 Å². The Bertz CT molecular complexity index is 552. The molecule has 0 saturated heterocycles. The highest BCUT2D eigenvalue weighted by Crippen LogP contribution is 2.14. The van der Waals surface area contributed by atoms with Gasteiger partial charge in [0, 0.05) is 7.11 Å². The normalized spacial score (nSPS) is 13.9. The van der Waals surface area contributed by atoms with E-state index < -0.39 is 17.7 Å². The summed E-state index contributed by atoms with van der Waals surface area (Å²) in [6.45, 7) is 9.42. The number of rotatable bonds is 7. The number of carbonyl (C=O) groups excluding carboxylic acids is 2. The van der Waals surface area contributed by atoms with Crippen molar-refractivity contribution in [3.8, 4) is 0 Å². The highest BCUT2D eigenvalue weighted by atomic mass is 16.6. The number of hydrogen-bond acceptors (Lipinski definition) is 4. The van der Waals surface area contributed by atoms with Crippen molar-refractivity contribution < 1.29 is 19.1 Å². The number of ether oxygens (including phenoxy) is 2. The number of amides is 2. The molecule has 6 heteroatoms. The van der Waals surface area contributed by atoms with Crippen LogP contribution in [0.2, 0.25) is 0 Å². The molecule has 0 unspecified atom stereocenters. The summed E-state index contributed by atoms with van der Waals surface area (Å²) in [6.07, 6.45) is -0.607. The molecule has 0 fully saturated rings. The van der Waals surface area contributed by atoms with E-state index in [1.54, 1.807) is 27.9 Å². The summed E-state index contributed by atoms with van der Waals surface area (Å²) in [7, 11) is 1.58. The first-order chi connectivity index (χ1) is 11.6. The van der Waals surface area contributed by atoms with E-state index in [2.05, 4.69) is 10.6 Å². The fourth-order valence-corrected chi connectivity index (χ4v) is 2.30. The van der Waals surface area contributed by atoms with Gasteiger partial charge in [-0.1, -0.05) is 44.2 Å². The summed E-state index contributed by atoms with van der Waals surface area (Å²) in [5, 5.41) is 5.61. The van der Waals surface area contributed by atoms with Crippen LogP contribution in [0.15, 0.2) is 30.3 Å². The molecule has 2 N–H and O–H groups in total. The lowest BCUT2D eigenvalue weighted by molar-refractivity contribution is -0.125. The second-order valence-electron chi connectivity index (χ2n) is 7.30. The number of hydrogen-bond donors (Lipinski definition) is 2. The lowest BCUT2D eigenvalue weighted by Crippen LogP contribution is -2.51. The minimum absolute atomic E-state index is 0.0912. The first-order valence-corrected chi connectivity index (χ1v) is 8.48. The third-order valence-electron chi connectivity index (χ3n) is 3.47. The van der Waals surface area contributed by atoms with Crippen LogP contribution in [-0.4, -0.2) is 37.4 Å². The van der Waals surface area contributed by atoms with Gasteiger partial charge in [-0.15, -0.1) is 0 Å². The maximum Gasteiger partial charge on any atom is 0.408 e. The number of alkyl carbamates (subject to hydrolysis) is 1. The third-order valence-corrected chi connectivity index (χ3v) is 3.47. The predicted molar refractivity (Wildman–Crippen MR) is 97.2 cm³/mol. The molecular formula is C19H30N2O4. The summed E-state index contributed by atoms with van der Waals surface area (Å²) in [6, 6.07) is 8.59. The van der Waals surface area contributed by atoms with E-state index in [4.69, 9.17) is 9.47 Å². The van der Waals surface area contributed by atoms with Crippen LogP contribution in [0.25, 0.3) is 0 Å². The van der Waals surface area contributed by atoms with Crippen molar-refractivity contribution in [1.29, 1.82) is 0 Å². The van der Waals surface area contributed by atoms with Gasteiger partial charge in [0.2, 0.25) is 5.91 Å². The second-order valence-corrected chi connectivity index (χ2v) is 7.30. The van der Waals surface area contributed by atoms with Gasteiger partial charge in [-0.3, -0.25) is 4.79 Å². The number of nitrogens with one attached hydrogen (secondary N) is 2. The molecule has 0 bridgehead atoms. The van der Waals surface area contributed by atoms with Crippen LogP contribution in [0.3, 0.4) is 0 Å². The molecule has 0 aromatic heterocycles. The first-order valence-electron chi connectivity index (χ1n) is 8.48. The van der Waals surface area contributed by atoms with Gasteiger partial charge in [0.05, 0.1) is 12.6 Å². The van der Waals surface area contributed by atoms with E-state index in [0.717, 1.165) is 5.56 Å². The molecular weight excluding hydrogens is 320 g/mol. The standard InChI is InChI=1S/C19H30N2O4/c1-13(2)16(21-18(23)25-19(3,4)5)17(22)20-15(12-24-6)14-10-8-7-9-11-14/h7-11,13,15-16H,12H2,1-6H3,(H,20,22)(H,21,23)/t15-,16+/m0/s1. The molecule has 25 heavy (non-hydrogen) atoms. The van der Waals surface area contributed by atoms with Gasteiger partial charge in [-0.2, -0.15) is 0 Å². The van der Waals surface area contributed by atoms with E-state index in [1.807, 2.05) is 44.2 Å². The van der Waals surface area contributed by atoms with E-state index in [-0.39, 0.29) is 17.9 Å². The summed E-state index contributed by atoms with van der Waals surface area (Å²) in [5.41, 5.74) is 0.322. The lowest BCUT2D eigenvalue weighted by atomic mass is 10.0. The Hall–Kier alpha value is -2.08. The van der Waals surface area contributed by atoms with Gasteiger partial charge < -0.3 is 20.1 Å². The predicted octanol–water partition coefficient (Wildman–Crippen LogP) is 3.04. The van der Waals surface area contributed by atoms with Crippen molar-refractivity contribution in [2.45, 2.75) is 52.3 Å². The van der Waals surface area contributed by atoms with Crippen molar-refractivity contribution in [3.63, 3.8) is 0 Å². The van der Waals surface area contributed by atoms with Gasteiger partial charge in [0.25, 0.3) is 0 Å². The summed E-state index contributed by atoms with van der Waals surface area (Å²) in [4.78, 5) is 24.7. The third kappa shape index (κ3) is 7.56. The molecule has 0 aliphatic rings. The van der Waals surface area contributed by atoms with E-state index >= 15 is 0 Å². The lowest BCUT2D eigenvalue weighted by Gasteiger charge is -2.27. The van der Waals surface area contributed by atoms with Crippen LogP contribution >= 0.6 is 0 Å². The number of carbonyl (C=O) groups is 2. The van der Waals surface area contributed by atoms with Gasteiger partial charge in [0.1, 0.15) is 11.6 Å². The molecule has 1 aromatic rings. The Morgan fingerprint density at radius 2 is 1.68 bits per heavy atom. The van der Waals surface area contributed by atoms with Crippen LogP contribution in [0.5, 0.6) is 0 Å². The topological polar surface area (TPSA) is 76.7 Å². The van der Waals surface area contributed by atoms with Gasteiger partial charge >= 0.3 is 6.09 Å². The highest BCUT2D eigenvalue weighted by Gasteiger charge is 2.28. The number of benzene rings is 1. The fourth-order valence-electron chi connectivity index (χ4n) is 2.30. The van der Waals surface area contributed by atoms with Crippen molar-refractivity contribution in [2.24, 2.45) is 5.92 Å². The smallest absolute Gasteiger partial charge is 0.408 e. The molecule has 6 nitrogen and oxygen atoms in total. The molecule has 140 valence electrons. The summed E-state index contributed by atoms with van der Waals surface area (Å²) in [5.74, 6) is -0.363. The SMILES string of the molecule is COC[C@H](NC(=O)[C@H](NC(=O)OC(C)(C)C)C(C)C)c1ccccc1. The quantitative estimate of drug-likeness (QED) is 0.792. The van der Waals surface area contributed by atoms with Gasteiger partial charge in [0.15, 0.2) is 0 Å². The minimum Gasteiger partial charge on any atom is -0.444 e. The molecule has 0 radical (unpaired) electrons. The molecule has 1 rings (SSSR count). The first kappa shape index (κ1) is 21.0. The van der Waals surface area contributed by atoms with E-state index in [1.165, 1.54) is 0 Å². The average molecular weight is 350 g/mol.